The minimum atomic E-state index is -0.144. The summed E-state index contributed by atoms with van der Waals surface area (Å²) < 4.78 is 0.792. The summed E-state index contributed by atoms with van der Waals surface area (Å²) in [6.45, 7) is 0.643. The maximum atomic E-state index is 9.56. The summed E-state index contributed by atoms with van der Waals surface area (Å²) in [6.07, 6.45) is 4.30. The van der Waals surface area contributed by atoms with Crippen LogP contribution in [0.4, 0.5) is 0 Å². The standard InChI is InChI=1S/C8H16INO2/c9-6-10-12-5-7-3-1-2-4-8(7)11/h7-8,10-11H,1-6H2. The van der Waals surface area contributed by atoms with Crippen LogP contribution in [-0.2, 0) is 4.84 Å². The summed E-state index contributed by atoms with van der Waals surface area (Å²) in [7, 11) is 0. The average molecular weight is 285 g/mol. The molecule has 1 aliphatic rings. The SMILES string of the molecule is OC1CCCCC1CONCI. The van der Waals surface area contributed by atoms with Crippen molar-refractivity contribution in [2.45, 2.75) is 31.8 Å². The van der Waals surface area contributed by atoms with Gasteiger partial charge in [0.2, 0.25) is 0 Å². The van der Waals surface area contributed by atoms with Crippen LogP contribution in [0.25, 0.3) is 0 Å². The van der Waals surface area contributed by atoms with Gasteiger partial charge in [-0.3, -0.25) is 0 Å². The van der Waals surface area contributed by atoms with Crippen molar-refractivity contribution in [3.63, 3.8) is 0 Å². The second kappa shape index (κ2) is 6.12. The minimum Gasteiger partial charge on any atom is -0.393 e. The van der Waals surface area contributed by atoms with E-state index >= 15 is 0 Å². The van der Waals surface area contributed by atoms with Gasteiger partial charge in [0.05, 0.1) is 17.3 Å². The molecule has 1 fully saturated rings. The van der Waals surface area contributed by atoms with Gasteiger partial charge in [-0.25, -0.2) is 0 Å². The molecule has 72 valence electrons. The summed E-state index contributed by atoms with van der Waals surface area (Å²) in [5.41, 5.74) is 2.79. The van der Waals surface area contributed by atoms with E-state index in [2.05, 4.69) is 28.1 Å². The van der Waals surface area contributed by atoms with Crippen molar-refractivity contribution in [1.29, 1.82) is 0 Å². The Hall–Kier alpha value is 0.610. The molecule has 2 atom stereocenters. The molecular formula is C8H16INO2. The van der Waals surface area contributed by atoms with Crippen LogP contribution in [0, 0.1) is 5.92 Å². The van der Waals surface area contributed by atoms with Crippen LogP contribution in [-0.4, -0.2) is 22.4 Å². The summed E-state index contributed by atoms with van der Waals surface area (Å²) in [6, 6.07) is 0. The van der Waals surface area contributed by atoms with E-state index in [1.165, 1.54) is 6.42 Å². The number of rotatable bonds is 4. The number of hydrogen-bond acceptors (Lipinski definition) is 3. The number of aliphatic hydroxyl groups is 1. The Bertz CT molecular complexity index is 124. The lowest BCUT2D eigenvalue weighted by molar-refractivity contribution is -0.0274. The van der Waals surface area contributed by atoms with E-state index in [4.69, 9.17) is 4.84 Å². The van der Waals surface area contributed by atoms with E-state index in [1.54, 1.807) is 0 Å². The Morgan fingerprint density at radius 2 is 2.17 bits per heavy atom. The van der Waals surface area contributed by atoms with Crippen molar-refractivity contribution in [2.75, 3.05) is 11.2 Å². The third kappa shape index (κ3) is 3.55. The maximum Gasteiger partial charge on any atom is 0.0735 e. The summed E-state index contributed by atoms with van der Waals surface area (Å²) >= 11 is 2.19. The molecule has 0 saturated heterocycles. The van der Waals surface area contributed by atoms with Gasteiger partial charge in [0, 0.05) is 5.92 Å². The fourth-order valence-electron chi connectivity index (χ4n) is 1.59. The molecule has 0 aliphatic heterocycles. The van der Waals surface area contributed by atoms with Gasteiger partial charge in [-0.2, -0.15) is 5.48 Å². The van der Waals surface area contributed by atoms with Crippen LogP contribution in [0.3, 0.4) is 0 Å². The Balaban J connectivity index is 2.11. The lowest BCUT2D eigenvalue weighted by Crippen LogP contribution is -2.30. The van der Waals surface area contributed by atoms with Crippen molar-refractivity contribution < 1.29 is 9.94 Å². The van der Waals surface area contributed by atoms with Crippen molar-refractivity contribution in [2.24, 2.45) is 5.92 Å². The molecule has 0 amide bonds. The first-order valence-electron chi connectivity index (χ1n) is 4.43. The highest BCUT2D eigenvalue weighted by Gasteiger charge is 2.22. The summed E-state index contributed by atoms with van der Waals surface area (Å²) in [5.74, 6) is 0.342. The molecule has 0 aromatic heterocycles. The average Bonchev–Trinajstić information content (AvgIpc) is 2.09. The van der Waals surface area contributed by atoms with Gasteiger partial charge in [0.25, 0.3) is 0 Å². The van der Waals surface area contributed by atoms with Crippen molar-refractivity contribution >= 4 is 22.6 Å². The molecule has 2 N–H and O–H groups in total. The number of halogens is 1. The molecule has 0 radical (unpaired) electrons. The highest BCUT2D eigenvalue weighted by atomic mass is 127. The van der Waals surface area contributed by atoms with E-state index in [9.17, 15) is 5.11 Å². The first-order valence-corrected chi connectivity index (χ1v) is 5.96. The van der Waals surface area contributed by atoms with E-state index in [0.717, 1.165) is 23.8 Å². The molecule has 1 saturated carbocycles. The zero-order chi connectivity index (χ0) is 8.81. The van der Waals surface area contributed by atoms with Crippen LogP contribution in [0.5, 0.6) is 0 Å². The second-order valence-corrected chi connectivity index (χ2v) is 3.96. The maximum absolute atomic E-state index is 9.56. The number of aliphatic hydroxyl groups excluding tert-OH is 1. The fraction of sp³-hybridized carbons (Fsp3) is 1.00. The van der Waals surface area contributed by atoms with Crippen molar-refractivity contribution in [3.05, 3.63) is 0 Å². The Morgan fingerprint density at radius 3 is 2.83 bits per heavy atom. The molecule has 0 aromatic rings. The van der Waals surface area contributed by atoms with Gasteiger partial charge >= 0.3 is 0 Å². The van der Waals surface area contributed by atoms with Crippen LogP contribution in [0.1, 0.15) is 25.7 Å². The first-order chi connectivity index (χ1) is 5.84. The molecule has 0 aromatic carbocycles. The molecule has 1 aliphatic carbocycles. The molecule has 3 nitrogen and oxygen atoms in total. The summed E-state index contributed by atoms with van der Waals surface area (Å²) in [4.78, 5) is 5.18. The van der Waals surface area contributed by atoms with Crippen LogP contribution >= 0.6 is 22.6 Å². The van der Waals surface area contributed by atoms with Gasteiger partial charge in [-0.15, -0.1) is 0 Å². The largest absolute Gasteiger partial charge is 0.393 e. The van der Waals surface area contributed by atoms with Crippen LogP contribution in [0.2, 0.25) is 0 Å². The zero-order valence-electron chi connectivity index (χ0n) is 7.13. The van der Waals surface area contributed by atoms with E-state index in [1.807, 2.05) is 0 Å². The Kier molecular flexibility index (Phi) is 5.45. The van der Waals surface area contributed by atoms with Gasteiger partial charge < -0.3 is 9.94 Å². The van der Waals surface area contributed by atoms with Gasteiger partial charge in [-0.05, 0) is 12.8 Å². The normalized spacial score (nSPS) is 30.5. The van der Waals surface area contributed by atoms with E-state index in [-0.39, 0.29) is 6.10 Å². The van der Waals surface area contributed by atoms with Gasteiger partial charge in [0.15, 0.2) is 0 Å². The summed E-state index contributed by atoms with van der Waals surface area (Å²) in [5, 5.41) is 9.56. The third-order valence-electron chi connectivity index (χ3n) is 2.32. The first kappa shape index (κ1) is 10.7. The van der Waals surface area contributed by atoms with Gasteiger partial charge in [0.1, 0.15) is 0 Å². The van der Waals surface area contributed by atoms with E-state index in [0.29, 0.717) is 12.5 Å². The van der Waals surface area contributed by atoms with Crippen LogP contribution < -0.4 is 5.48 Å². The predicted octanol–water partition coefficient (Wildman–Crippen LogP) is 1.45. The monoisotopic (exact) mass is 285 g/mol. The molecule has 4 heteroatoms. The lowest BCUT2D eigenvalue weighted by Gasteiger charge is -2.26. The number of nitrogens with one attached hydrogen (secondary N) is 1. The smallest absolute Gasteiger partial charge is 0.0735 e. The Labute approximate surface area is 87.0 Å². The fourth-order valence-corrected chi connectivity index (χ4v) is 1.81. The predicted molar refractivity (Wildman–Crippen MR) is 55.9 cm³/mol. The van der Waals surface area contributed by atoms with E-state index < -0.39 is 0 Å². The number of hydrogen-bond donors (Lipinski definition) is 2. The number of alkyl halides is 1. The molecule has 12 heavy (non-hydrogen) atoms. The second-order valence-electron chi connectivity index (χ2n) is 3.20. The number of hydroxylamine groups is 1. The lowest BCUT2D eigenvalue weighted by atomic mass is 9.87. The van der Waals surface area contributed by atoms with Gasteiger partial charge in [-0.1, -0.05) is 35.4 Å². The minimum absolute atomic E-state index is 0.144. The molecule has 0 bridgehead atoms. The quantitative estimate of drug-likeness (QED) is 0.270. The topological polar surface area (TPSA) is 41.5 Å². The molecule has 1 rings (SSSR count). The Morgan fingerprint density at radius 1 is 1.42 bits per heavy atom. The van der Waals surface area contributed by atoms with Crippen LogP contribution in [0.15, 0.2) is 0 Å². The highest BCUT2D eigenvalue weighted by Crippen LogP contribution is 2.24. The molecule has 2 unspecified atom stereocenters. The molecule has 0 spiro atoms. The molecule has 0 heterocycles. The zero-order valence-corrected chi connectivity index (χ0v) is 9.29. The third-order valence-corrected chi connectivity index (χ3v) is 2.63. The van der Waals surface area contributed by atoms with Crippen molar-refractivity contribution in [1.82, 2.24) is 5.48 Å². The molecular weight excluding hydrogens is 269 g/mol. The highest BCUT2D eigenvalue weighted by molar-refractivity contribution is 14.1. The van der Waals surface area contributed by atoms with Crippen molar-refractivity contribution in [3.8, 4) is 0 Å².